The quantitative estimate of drug-likeness (QED) is 0.810. The van der Waals surface area contributed by atoms with E-state index in [1.54, 1.807) is 0 Å². The Labute approximate surface area is 148 Å². The Morgan fingerprint density at radius 1 is 1.42 bits per heavy atom. The third-order valence-electron chi connectivity index (χ3n) is 5.07. The molecular formula is C17H23ClN2O3S. The summed E-state index contributed by atoms with van der Waals surface area (Å²) < 4.78 is 23.1. The highest BCUT2D eigenvalue weighted by molar-refractivity contribution is 7.91. The molecule has 1 aromatic rings. The predicted molar refractivity (Wildman–Crippen MR) is 94.9 cm³/mol. The van der Waals surface area contributed by atoms with E-state index < -0.39 is 9.84 Å². The second kappa shape index (κ2) is 7.02. The van der Waals surface area contributed by atoms with Gasteiger partial charge in [-0.25, -0.2) is 8.42 Å². The van der Waals surface area contributed by atoms with Gasteiger partial charge in [0.05, 0.1) is 11.5 Å². The Hall–Kier alpha value is -1.11. The maximum atomic E-state index is 12.5. The van der Waals surface area contributed by atoms with E-state index in [9.17, 15) is 13.2 Å². The van der Waals surface area contributed by atoms with Crippen molar-refractivity contribution in [3.8, 4) is 0 Å². The van der Waals surface area contributed by atoms with Crippen molar-refractivity contribution in [2.75, 3.05) is 31.6 Å². The van der Waals surface area contributed by atoms with Crippen LogP contribution in [0.5, 0.6) is 0 Å². The molecule has 1 saturated heterocycles. The summed E-state index contributed by atoms with van der Waals surface area (Å²) in [5.41, 5.74) is 2.27. The number of carbonyl (C=O) groups is 1. The maximum absolute atomic E-state index is 12.5. The molecule has 132 valence electrons. The van der Waals surface area contributed by atoms with Crippen LogP contribution in [0.2, 0.25) is 5.02 Å². The number of fused-ring (bicyclic) bond motifs is 1. The molecule has 0 aromatic heterocycles. The molecule has 7 heteroatoms. The normalized spacial score (nSPS) is 22.6. The van der Waals surface area contributed by atoms with Crippen LogP contribution in [0.3, 0.4) is 0 Å². The number of amides is 1. The number of nitrogens with zero attached hydrogens (tertiary/aromatic N) is 2. The summed E-state index contributed by atoms with van der Waals surface area (Å²) in [7, 11) is -0.980. The highest BCUT2D eigenvalue weighted by Crippen LogP contribution is 2.26. The average Bonchev–Trinajstić information content (AvgIpc) is 2.92. The topological polar surface area (TPSA) is 57.7 Å². The Kier molecular flexibility index (Phi) is 5.18. The summed E-state index contributed by atoms with van der Waals surface area (Å²) in [6.07, 6.45) is 1.88. The molecule has 0 spiro atoms. The average molecular weight is 371 g/mol. The summed E-state index contributed by atoms with van der Waals surface area (Å²) in [4.78, 5) is 16.4. The van der Waals surface area contributed by atoms with Gasteiger partial charge in [0, 0.05) is 37.1 Å². The third-order valence-corrected chi connectivity index (χ3v) is 7.18. The molecule has 2 aliphatic rings. The SMILES string of the molecule is CN(CCC(=O)N1CCc2c(Cl)cccc2C1)[C@@H]1CCS(=O)(=O)C1. The van der Waals surface area contributed by atoms with Crippen LogP contribution in [0, 0.1) is 0 Å². The van der Waals surface area contributed by atoms with E-state index in [0.29, 0.717) is 32.5 Å². The number of benzene rings is 1. The summed E-state index contributed by atoms with van der Waals surface area (Å²) in [6, 6.07) is 5.88. The molecule has 0 aliphatic carbocycles. The molecule has 0 N–H and O–H groups in total. The summed E-state index contributed by atoms with van der Waals surface area (Å²) in [5.74, 6) is 0.598. The Morgan fingerprint density at radius 3 is 2.92 bits per heavy atom. The number of rotatable bonds is 4. The fourth-order valence-electron chi connectivity index (χ4n) is 3.51. The first-order chi connectivity index (χ1) is 11.4. The van der Waals surface area contributed by atoms with Gasteiger partial charge in [0.1, 0.15) is 0 Å². The van der Waals surface area contributed by atoms with Gasteiger partial charge in [0.25, 0.3) is 0 Å². The Bertz CT molecular complexity index is 735. The zero-order valence-corrected chi connectivity index (χ0v) is 15.4. The van der Waals surface area contributed by atoms with Crippen molar-refractivity contribution in [1.82, 2.24) is 9.80 Å². The minimum atomic E-state index is -2.89. The lowest BCUT2D eigenvalue weighted by Crippen LogP contribution is -2.39. The molecule has 2 aliphatic heterocycles. The van der Waals surface area contributed by atoms with Crippen LogP contribution < -0.4 is 0 Å². The van der Waals surface area contributed by atoms with E-state index in [1.165, 1.54) is 0 Å². The minimum Gasteiger partial charge on any atom is -0.338 e. The number of hydrogen-bond donors (Lipinski definition) is 0. The molecule has 5 nitrogen and oxygen atoms in total. The molecule has 0 bridgehead atoms. The Balaban J connectivity index is 1.53. The van der Waals surface area contributed by atoms with Gasteiger partial charge in [-0.15, -0.1) is 0 Å². The predicted octanol–water partition coefficient (Wildman–Crippen LogP) is 1.73. The number of halogens is 1. The molecule has 1 aromatic carbocycles. The maximum Gasteiger partial charge on any atom is 0.224 e. The third kappa shape index (κ3) is 3.92. The second-order valence-electron chi connectivity index (χ2n) is 6.73. The summed E-state index contributed by atoms with van der Waals surface area (Å²) in [6.45, 7) is 1.89. The highest BCUT2D eigenvalue weighted by Gasteiger charge is 2.31. The number of carbonyl (C=O) groups excluding carboxylic acids is 1. The van der Waals surface area contributed by atoms with Crippen molar-refractivity contribution >= 4 is 27.3 Å². The highest BCUT2D eigenvalue weighted by atomic mass is 35.5. The first kappa shape index (κ1) is 17.7. The number of sulfone groups is 1. The molecule has 24 heavy (non-hydrogen) atoms. The van der Waals surface area contributed by atoms with Gasteiger partial charge in [-0.3, -0.25) is 4.79 Å². The van der Waals surface area contributed by atoms with E-state index in [0.717, 1.165) is 22.6 Å². The fourth-order valence-corrected chi connectivity index (χ4v) is 5.61. The molecule has 3 rings (SSSR count). The lowest BCUT2D eigenvalue weighted by molar-refractivity contribution is -0.132. The van der Waals surface area contributed by atoms with Crippen LogP contribution in [0.25, 0.3) is 0 Å². The van der Waals surface area contributed by atoms with Crippen LogP contribution in [-0.4, -0.2) is 61.8 Å². The smallest absolute Gasteiger partial charge is 0.224 e. The van der Waals surface area contributed by atoms with Crippen LogP contribution in [-0.2, 0) is 27.6 Å². The lowest BCUT2D eigenvalue weighted by Gasteiger charge is -2.30. The van der Waals surface area contributed by atoms with Crippen molar-refractivity contribution < 1.29 is 13.2 Å². The molecule has 0 radical (unpaired) electrons. The van der Waals surface area contributed by atoms with Gasteiger partial charge in [-0.05, 0) is 37.1 Å². The van der Waals surface area contributed by atoms with Crippen molar-refractivity contribution in [2.24, 2.45) is 0 Å². The largest absolute Gasteiger partial charge is 0.338 e. The lowest BCUT2D eigenvalue weighted by atomic mass is 9.99. The van der Waals surface area contributed by atoms with E-state index in [1.807, 2.05) is 35.0 Å². The number of hydrogen-bond acceptors (Lipinski definition) is 4. The van der Waals surface area contributed by atoms with Crippen molar-refractivity contribution in [3.63, 3.8) is 0 Å². The van der Waals surface area contributed by atoms with E-state index in [4.69, 9.17) is 11.6 Å². The first-order valence-corrected chi connectivity index (χ1v) is 10.5. The van der Waals surface area contributed by atoms with Gasteiger partial charge >= 0.3 is 0 Å². The van der Waals surface area contributed by atoms with Crippen LogP contribution in [0.1, 0.15) is 24.0 Å². The molecule has 1 atom stereocenters. The van der Waals surface area contributed by atoms with Crippen molar-refractivity contribution in [2.45, 2.75) is 31.8 Å². The second-order valence-corrected chi connectivity index (χ2v) is 9.37. The Morgan fingerprint density at radius 2 is 2.21 bits per heavy atom. The first-order valence-electron chi connectivity index (χ1n) is 8.30. The van der Waals surface area contributed by atoms with E-state index >= 15 is 0 Å². The van der Waals surface area contributed by atoms with Crippen molar-refractivity contribution in [1.29, 1.82) is 0 Å². The fraction of sp³-hybridized carbons (Fsp3) is 0.588. The van der Waals surface area contributed by atoms with Crippen LogP contribution >= 0.6 is 11.6 Å². The van der Waals surface area contributed by atoms with E-state index in [2.05, 4.69) is 0 Å². The zero-order chi connectivity index (χ0) is 17.3. The van der Waals surface area contributed by atoms with Crippen molar-refractivity contribution in [3.05, 3.63) is 34.3 Å². The minimum absolute atomic E-state index is 0.0451. The molecule has 1 amide bonds. The standard InChI is InChI=1S/C17H23ClN2O3S/c1-19(14-7-10-24(22,23)12-14)8-6-17(21)20-9-5-15-13(11-20)3-2-4-16(15)18/h2-4,14H,5-12H2,1H3/t14-/m1/s1. The van der Waals surface area contributed by atoms with Gasteiger partial charge in [-0.1, -0.05) is 23.7 Å². The molecule has 0 unspecified atom stereocenters. The summed E-state index contributed by atoms with van der Waals surface area (Å²) in [5, 5.41) is 0.779. The molecule has 0 saturated carbocycles. The molecule has 2 heterocycles. The molecule has 1 fully saturated rings. The zero-order valence-electron chi connectivity index (χ0n) is 13.9. The summed E-state index contributed by atoms with van der Waals surface area (Å²) >= 11 is 6.21. The van der Waals surface area contributed by atoms with Gasteiger partial charge in [-0.2, -0.15) is 0 Å². The monoisotopic (exact) mass is 370 g/mol. The van der Waals surface area contributed by atoms with Crippen LogP contribution in [0.15, 0.2) is 18.2 Å². The molecular weight excluding hydrogens is 348 g/mol. The van der Waals surface area contributed by atoms with Gasteiger partial charge in [0.2, 0.25) is 5.91 Å². The van der Waals surface area contributed by atoms with Gasteiger partial charge in [0.15, 0.2) is 9.84 Å². The van der Waals surface area contributed by atoms with Crippen LogP contribution in [0.4, 0.5) is 0 Å². The van der Waals surface area contributed by atoms with E-state index in [-0.39, 0.29) is 23.5 Å². The van der Waals surface area contributed by atoms with Gasteiger partial charge < -0.3 is 9.80 Å².